The van der Waals surface area contributed by atoms with E-state index in [0.29, 0.717) is 13.0 Å². The first-order valence-corrected chi connectivity index (χ1v) is 4.69. The molecule has 1 aliphatic carbocycles. The number of nitrogens with zero attached hydrogens (tertiary/aromatic N) is 1. The van der Waals surface area contributed by atoms with Crippen molar-refractivity contribution in [3.05, 3.63) is 47.4 Å². The normalized spacial score (nSPS) is 33.5. The van der Waals surface area contributed by atoms with E-state index in [1.807, 2.05) is 23.3 Å². The zero-order valence-corrected chi connectivity index (χ0v) is 7.64. The van der Waals surface area contributed by atoms with Crippen molar-refractivity contribution in [3.8, 4) is 0 Å². The highest BCUT2D eigenvalue weighted by atomic mass is 16.3. The Morgan fingerprint density at radius 2 is 2.21 bits per heavy atom. The topological polar surface area (TPSA) is 43.7 Å². The molecule has 4 aliphatic rings. The minimum atomic E-state index is -0.952. The average Bonchev–Trinajstić information content (AvgIpc) is 2.39. The molecule has 3 heteroatoms. The van der Waals surface area contributed by atoms with Gasteiger partial charge in [-0.05, 0) is 23.8 Å². The van der Waals surface area contributed by atoms with Gasteiger partial charge in [-0.25, -0.2) is 0 Å². The first kappa shape index (κ1) is 7.88. The van der Waals surface area contributed by atoms with Crippen LogP contribution in [-0.4, -0.2) is 27.4 Å². The Hall–Kier alpha value is -1.48. The third-order valence-electron chi connectivity index (χ3n) is 3.00. The molecule has 3 aliphatic heterocycles. The molecule has 0 saturated carbocycles. The predicted molar refractivity (Wildman–Crippen MR) is 52.3 cm³/mol. The van der Waals surface area contributed by atoms with E-state index in [-0.39, 0.29) is 5.76 Å². The highest BCUT2D eigenvalue weighted by Gasteiger charge is 2.37. The number of rotatable bonds is 0. The summed E-state index contributed by atoms with van der Waals surface area (Å²) in [6.45, 7) is 0.698. The molecule has 4 rings (SSSR count). The quantitative estimate of drug-likeness (QED) is 0.602. The number of allylic oxidation sites excluding steroid dienone is 2. The molecule has 0 spiro atoms. The van der Waals surface area contributed by atoms with Gasteiger partial charge in [0.15, 0.2) is 5.72 Å². The van der Waals surface area contributed by atoms with Gasteiger partial charge in [0.1, 0.15) is 5.76 Å². The van der Waals surface area contributed by atoms with Crippen LogP contribution in [0.1, 0.15) is 6.42 Å². The molecular formula is C11H11NO2. The molecule has 0 aromatic rings. The van der Waals surface area contributed by atoms with Crippen LogP contribution in [0.5, 0.6) is 0 Å². The number of aliphatic hydroxyl groups is 2. The molecule has 4 bridgehead atoms. The Kier molecular flexibility index (Phi) is 1.30. The van der Waals surface area contributed by atoms with Crippen LogP contribution < -0.4 is 0 Å². The van der Waals surface area contributed by atoms with Gasteiger partial charge in [0, 0.05) is 24.7 Å². The van der Waals surface area contributed by atoms with Crippen LogP contribution in [0.3, 0.4) is 0 Å². The lowest BCUT2D eigenvalue weighted by molar-refractivity contribution is -0.0319. The van der Waals surface area contributed by atoms with E-state index in [0.717, 1.165) is 11.1 Å². The third-order valence-corrected chi connectivity index (χ3v) is 3.00. The molecule has 1 unspecified atom stereocenters. The van der Waals surface area contributed by atoms with E-state index in [1.54, 1.807) is 12.2 Å². The lowest BCUT2D eigenvalue weighted by atomic mass is 9.95. The maximum Gasteiger partial charge on any atom is 0.161 e. The summed E-state index contributed by atoms with van der Waals surface area (Å²) < 4.78 is 0. The van der Waals surface area contributed by atoms with E-state index in [1.165, 1.54) is 0 Å². The monoisotopic (exact) mass is 189 g/mol. The molecule has 0 fully saturated rings. The van der Waals surface area contributed by atoms with Gasteiger partial charge in [-0.1, -0.05) is 6.08 Å². The van der Waals surface area contributed by atoms with Crippen molar-refractivity contribution in [2.75, 3.05) is 6.54 Å². The first-order valence-electron chi connectivity index (χ1n) is 4.69. The van der Waals surface area contributed by atoms with Crippen LogP contribution in [-0.2, 0) is 0 Å². The van der Waals surface area contributed by atoms with Gasteiger partial charge in [0.2, 0.25) is 0 Å². The maximum absolute atomic E-state index is 10.3. The standard InChI is InChI=1S/C11H11NO2/c13-10-1-4-11(14)7-9(10)8-2-5-12(11)6-3-8/h1-3,5,7,13-14H,4,6H2. The molecule has 14 heavy (non-hydrogen) atoms. The van der Waals surface area contributed by atoms with Crippen molar-refractivity contribution < 1.29 is 10.2 Å². The number of hydrogen-bond acceptors (Lipinski definition) is 3. The zero-order chi connectivity index (χ0) is 9.76. The van der Waals surface area contributed by atoms with Gasteiger partial charge in [-0.2, -0.15) is 0 Å². The predicted octanol–water partition coefficient (Wildman–Crippen LogP) is 1.22. The largest absolute Gasteiger partial charge is 0.508 e. The maximum atomic E-state index is 10.3. The lowest BCUT2D eigenvalue weighted by Crippen LogP contribution is -2.44. The molecule has 3 heterocycles. The van der Waals surface area contributed by atoms with Gasteiger partial charge < -0.3 is 15.1 Å². The van der Waals surface area contributed by atoms with E-state index in [9.17, 15) is 10.2 Å². The summed E-state index contributed by atoms with van der Waals surface area (Å²) >= 11 is 0. The van der Waals surface area contributed by atoms with Crippen molar-refractivity contribution in [3.63, 3.8) is 0 Å². The van der Waals surface area contributed by atoms with Crippen LogP contribution in [0.15, 0.2) is 47.4 Å². The average molecular weight is 189 g/mol. The summed E-state index contributed by atoms with van der Waals surface area (Å²) in [5.74, 6) is 0.273. The van der Waals surface area contributed by atoms with Crippen LogP contribution in [0.4, 0.5) is 0 Å². The fourth-order valence-electron chi connectivity index (χ4n) is 2.14. The smallest absolute Gasteiger partial charge is 0.161 e. The highest BCUT2D eigenvalue weighted by Crippen LogP contribution is 2.37. The Bertz CT molecular complexity index is 417. The molecule has 0 aromatic carbocycles. The first-order chi connectivity index (χ1) is 6.69. The van der Waals surface area contributed by atoms with Crippen molar-refractivity contribution >= 4 is 0 Å². The van der Waals surface area contributed by atoms with Crippen LogP contribution in [0, 0.1) is 0 Å². The van der Waals surface area contributed by atoms with Gasteiger partial charge in [-0.15, -0.1) is 0 Å². The molecule has 2 N–H and O–H groups in total. The lowest BCUT2D eigenvalue weighted by Gasteiger charge is -2.36. The van der Waals surface area contributed by atoms with Gasteiger partial charge in [0.05, 0.1) is 0 Å². The Morgan fingerprint density at radius 3 is 2.93 bits per heavy atom. The Morgan fingerprint density at radius 1 is 1.36 bits per heavy atom. The second kappa shape index (κ2) is 2.30. The van der Waals surface area contributed by atoms with Crippen molar-refractivity contribution in [1.29, 1.82) is 0 Å². The molecule has 0 aromatic heterocycles. The van der Waals surface area contributed by atoms with E-state index in [2.05, 4.69) is 0 Å². The molecule has 3 nitrogen and oxygen atoms in total. The Balaban J connectivity index is 2.21. The zero-order valence-electron chi connectivity index (χ0n) is 7.64. The van der Waals surface area contributed by atoms with Crippen molar-refractivity contribution in [2.24, 2.45) is 0 Å². The summed E-state index contributed by atoms with van der Waals surface area (Å²) in [5.41, 5.74) is 0.785. The summed E-state index contributed by atoms with van der Waals surface area (Å²) in [7, 11) is 0. The number of aliphatic hydroxyl groups excluding tert-OH is 1. The van der Waals surface area contributed by atoms with Crippen LogP contribution >= 0.6 is 0 Å². The van der Waals surface area contributed by atoms with Crippen molar-refractivity contribution in [1.82, 2.24) is 4.90 Å². The van der Waals surface area contributed by atoms with Gasteiger partial charge >= 0.3 is 0 Å². The highest BCUT2D eigenvalue weighted by molar-refractivity contribution is 5.55. The molecule has 72 valence electrons. The minimum Gasteiger partial charge on any atom is -0.508 e. The summed E-state index contributed by atoms with van der Waals surface area (Å²) in [5, 5.41) is 20.0. The fraction of sp³-hybridized carbons (Fsp3) is 0.273. The second-order valence-electron chi connectivity index (χ2n) is 3.86. The number of hydrogen-bond donors (Lipinski definition) is 2. The van der Waals surface area contributed by atoms with E-state index in [4.69, 9.17) is 0 Å². The van der Waals surface area contributed by atoms with Crippen LogP contribution in [0.2, 0.25) is 0 Å². The SMILES string of the molecule is OC1=CCC2(O)C=C1C1=CCN2C=C1. The van der Waals surface area contributed by atoms with Crippen LogP contribution in [0.25, 0.3) is 0 Å². The Labute approximate surface area is 82.0 Å². The van der Waals surface area contributed by atoms with Gasteiger partial charge in [0.25, 0.3) is 0 Å². The number of fused-ring (bicyclic) bond motifs is 1. The molecule has 1 atom stereocenters. The molecular weight excluding hydrogens is 178 g/mol. The summed E-state index contributed by atoms with van der Waals surface area (Å²) in [6, 6.07) is 0. The van der Waals surface area contributed by atoms with Gasteiger partial charge in [-0.3, -0.25) is 0 Å². The molecule has 0 saturated heterocycles. The van der Waals surface area contributed by atoms with Crippen molar-refractivity contribution in [2.45, 2.75) is 12.1 Å². The van der Waals surface area contributed by atoms with E-state index >= 15 is 0 Å². The van der Waals surface area contributed by atoms with E-state index < -0.39 is 5.72 Å². The third kappa shape index (κ3) is 0.849. The molecule has 0 amide bonds. The fourth-order valence-corrected chi connectivity index (χ4v) is 2.14. The summed E-state index contributed by atoms with van der Waals surface area (Å²) in [6.07, 6.45) is 9.66. The second-order valence-corrected chi connectivity index (χ2v) is 3.86. The summed E-state index contributed by atoms with van der Waals surface area (Å²) in [4.78, 5) is 1.87. The molecule has 0 radical (unpaired) electrons. The minimum absolute atomic E-state index is 0.273.